The molecule has 1 N–H and O–H groups in total. The summed E-state index contributed by atoms with van der Waals surface area (Å²) in [6, 6.07) is 7.58. The van der Waals surface area contributed by atoms with Crippen molar-refractivity contribution in [3.63, 3.8) is 0 Å². The molecule has 1 rings (SSSR count). The Hall–Kier alpha value is -1.40. The Bertz CT molecular complexity index is 302. The van der Waals surface area contributed by atoms with Crippen LogP contribution < -0.4 is 5.32 Å². The zero-order valence-corrected chi connectivity index (χ0v) is 9.11. The van der Waals surface area contributed by atoms with Crippen LogP contribution in [0.4, 0.5) is 0 Å². The predicted molar refractivity (Wildman–Crippen MR) is 60.1 cm³/mol. The lowest BCUT2D eigenvalue weighted by Gasteiger charge is -2.10. The van der Waals surface area contributed by atoms with E-state index in [1.807, 2.05) is 18.2 Å². The number of unbranched alkanes of at least 4 members (excludes halogenated alkanes) is 2. The Kier molecular flexibility index (Phi) is 5.42. The number of aromatic nitrogens is 1. The fraction of sp³-hybridized carbons (Fsp3) is 0.500. The van der Waals surface area contributed by atoms with Crippen molar-refractivity contribution in [2.24, 2.45) is 0 Å². The number of hydrogen-bond donors (Lipinski definition) is 1. The van der Waals surface area contributed by atoms with Gasteiger partial charge in [0.25, 0.3) is 0 Å². The molecule has 0 saturated carbocycles. The van der Waals surface area contributed by atoms with Gasteiger partial charge in [-0.3, -0.25) is 10.3 Å². The highest BCUT2D eigenvalue weighted by atomic mass is 14.9. The summed E-state index contributed by atoms with van der Waals surface area (Å²) in [5.74, 6) is 0. The number of pyridine rings is 1. The van der Waals surface area contributed by atoms with Crippen LogP contribution in [-0.4, -0.2) is 11.5 Å². The summed E-state index contributed by atoms with van der Waals surface area (Å²) in [7, 11) is 0. The van der Waals surface area contributed by atoms with Crippen LogP contribution in [0.15, 0.2) is 24.4 Å². The molecule has 1 aromatic rings. The Morgan fingerprint density at radius 1 is 1.47 bits per heavy atom. The molecule has 0 spiro atoms. The third-order valence-electron chi connectivity index (χ3n) is 2.24. The van der Waals surface area contributed by atoms with E-state index in [1.54, 1.807) is 6.20 Å². The van der Waals surface area contributed by atoms with Gasteiger partial charge in [0.2, 0.25) is 0 Å². The standard InChI is InChI=1S/C12H17N3/c1-2-3-5-8-15-12(10-13)11-7-4-6-9-14-11/h4,6-7,9,12,15H,2-3,5,8H2,1H3. The topological polar surface area (TPSA) is 48.7 Å². The van der Waals surface area contributed by atoms with Gasteiger partial charge in [-0.25, -0.2) is 0 Å². The van der Waals surface area contributed by atoms with Crippen LogP contribution in [0.1, 0.15) is 37.9 Å². The van der Waals surface area contributed by atoms with Crippen LogP contribution in [0.5, 0.6) is 0 Å². The van der Waals surface area contributed by atoms with E-state index in [2.05, 4.69) is 23.3 Å². The first-order valence-electron chi connectivity index (χ1n) is 5.42. The molecule has 0 aromatic carbocycles. The van der Waals surface area contributed by atoms with Crippen molar-refractivity contribution in [1.29, 1.82) is 5.26 Å². The van der Waals surface area contributed by atoms with E-state index >= 15 is 0 Å². The molecule has 1 heterocycles. The van der Waals surface area contributed by atoms with Gasteiger partial charge >= 0.3 is 0 Å². The fourth-order valence-corrected chi connectivity index (χ4v) is 1.38. The van der Waals surface area contributed by atoms with Gasteiger partial charge < -0.3 is 0 Å². The van der Waals surface area contributed by atoms with Crippen molar-refractivity contribution in [3.8, 4) is 6.07 Å². The second-order valence-corrected chi connectivity index (χ2v) is 3.48. The van der Waals surface area contributed by atoms with E-state index in [0.717, 1.165) is 18.7 Å². The number of hydrogen-bond acceptors (Lipinski definition) is 3. The number of nitriles is 1. The molecule has 1 aromatic heterocycles. The number of rotatable bonds is 6. The second-order valence-electron chi connectivity index (χ2n) is 3.48. The van der Waals surface area contributed by atoms with Crippen molar-refractivity contribution < 1.29 is 0 Å². The van der Waals surface area contributed by atoms with Crippen molar-refractivity contribution in [1.82, 2.24) is 10.3 Å². The van der Waals surface area contributed by atoms with Gasteiger partial charge in [-0.15, -0.1) is 0 Å². The molecule has 0 fully saturated rings. The summed E-state index contributed by atoms with van der Waals surface area (Å²) in [5, 5.41) is 12.2. The summed E-state index contributed by atoms with van der Waals surface area (Å²) >= 11 is 0. The quantitative estimate of drug-likeness (QED) is 0.722. The van der Waals surface area contributed by atoms with Crippen LogP contribution >= 0.6 is 0 Å². The zero-order chi connectivity index (χ0) is 10.9. The van der Waals surface area contributed by atoms with Crippen LogP contribution in [0.3, 0.4) is 0 Å². The molecule has 0 aliphatic rings. The lowest BCUT2D eigenvalue weighted by molar-refractivity contribution is 0.573. The van der Waals surface area contributed by atoms with E-state index in [-0.39, 0.29) is 6.04 Å². The first kappa shape index (κ1) is 11.7. The molecule has 0 bridgehead atoms. The van der Waals surface area contributed by atoms with Crippen molar-refractivity contribution in [3.05, 3.63) is 30.1 Å². The molecule has 0 saturated heterocycles. The van der Waals surface area contributed by atoms with Crippen molar-refractivity contribution in [2.75, 3.05) is 6.54 Å². The first-order valence-corrected chi connectivity index (χ1v) is 5.42. The summed E-state index contributed by atoms with van der Waals surface area (Å²) < 4.78 is 0. The minimum absolute atomic E-state index is 0.275. The van der Waals surface area contributed by atoms with Gasteiger partial charge in [0.1, 0.15) is 6.04 Å². The molecule has 0 aliphatic heterocycles. The maximum Gasteiger partial charge on any atom is 0.138 e. The molecule has 15 heavy (non-hydrogen) atoms. The normalized spacial score (nSPS) is 12.0. The maximum atomic E-state index is 8.98. The van der Waals surface area contributed by atoms with E-state index < -0.39 is 0 Å². The zero-order valence-electron chi connectivity index (χ0n) is 9.11. The molecule has 0 radical (unpaired) electrons. The molecule has 0 amide bonds. The van der Waals surface area contributed by atoms with Gasteiger partial charge in [0, 0.05) is 6.20 Å². The molecular formula is C12H17N3. The van der Waals surface area contributed by atoms with Gasteiger partial charge in [0.15, 0.2) is 0 Å². The largest absolute Gasteiger partial charge is 0.297 e. The Labute approximate surface area is 91.1 Å². The molecule has 1 atom stereocenters. The average Bonchev–Trinajstić information content (AvgIpc) is 2.30. The molecule has 1 unspecified atom stereocenters. The minimum atomic E-state index is -0.275. The maximum absolute atomic E-state index is 8.98. The van der Waals surface area contributed by atoms with Gasteiger partial charge in [-0.2, -0.15) is 5.26 Å². The van der Waals surface area contributed by atoms with Crippen LogP contribution in [0.25, 0.3) is 0 Å². The molecule has 0 aliphatic carbocycles. The van der Waals surface area contributed by atoms with E-state index in [1.165, 1.54) is 12.8 Å². The van der Waals surface area contributed by atoms with Crippen LogP contribution in [0.2, 0.25) is 0 Å². The van der Waals surface area contributed by atoms with Gasteiger partial charge in [-0.05, 0) is 25.1 Å². The monoisotopic (exact) mass is 203 g/mol. The predicted octanol–water partition coefficient (Wildman–Crippen LogP) is 2.43. The van der Waals surface area contributed by atoms with E-state index in [4.69, 9.17) is 5.26 Å². The van der Waals surface area contributed by atoms with E-state index in [0.29, 0.717) is 0 Å². The van der Waals surface area contributed by atoms with Crippen molar-refractivity contribution in [2.45, 2.75) is 32.2 Å². The smallest absolute Gasteiger partial charge is 0.138 e. The van der Waals surface area contributed by atoms with Crippen molar-refractivity contribution >= 4 is 0 Å². The van der Waals surface area contributed by atoms with Crippen LogP contribution in [-0.2, 0) is 0 Å². The molecule has 80 valence electrons. The minimum Gasteiger partial charge on any atom is -0.297 e. The molecule has 3 nitrogen and oxygen atoms in total. The fourth-order valence-electron chi connectivity index (χ4n) is 1.38. The third-order valence-corrected chi connectivity index (χ3v) is 2.24. The Morgan fingerprint density at radius 2 is 2.33 bits per heavy atom. The summed E-state index contributed by atoms with van der Waals surface area (Å²) in [5.41, 5.74) is 0.802. The Balaban J connectivity index is 2.41. The van der Waals surface area contributed by atoms with Crippen LogP contribution in [0, 0.1) is 11.3 Å². The molecule has 3 heteroatoms. The summed E-state index contributed by atoms with van der Waals surface area (Å²) in [6.07, 6.45) is 5.23. The lowest BCUT2D eigenvalue weighted by atomic mass is 10.2. The highest BCUT2D eigenvalue weighted by molar-refractivity contribution is 5.15. The SMILES string of the molecule is CCCCCNC(C#N)c1ccccn1. The highest BCUT2D eigenvalue weighted by Crippen LogP contribution is 2.07. The third kappa shape index (κ3) is 4.09. The second kappa shape index (κ2) is 6.97. The summed E-state index contributed by atoms with van der Waals surface area (Å²) in [4.78, 5) is 4.16. The van der Waals surface area contributed by atoms with E-state index in [9.17, 15) is 0 Å². The first-order chi connectivity index (χ1) is 7.38. The summed E-state index contributed by atoms with van der Waals surface area (Å²) in [6.45, 7) is 3.04. The highest BCUT2D eigenvalue weighted by Gasteiger charge is 2.09. The lowest BCUT2D eigenvalue weighted by Crippen LogP contribution is -2.21. The average molecular weight is 203 g/mol. The number of nitrogens with zero attached hydrogens (tertiary/aromatic N) is 2. The number of nitrogens with one attached hydrogen (secondary N) is 1. The Morgan fingerprint density at radius 3 is 2.93 bits per heavy atom. The van der Waals surface area contributed by atoms with Gasteiger partial charge in [0.05, 0.1) is 11.8 Å². The van der Waals surface area contributed by atoms with Gasteiger partial charge in [-0.1, -0.05) is 25.8 Å². The molecular weight excluding hydrogens is 186 g/mol.